The van der Waals surface area contributed by atoms with E-state index in [-0.39, 0.29) is 38.6 Å². The van der Waals surface area contributed by atoms with Gasteiger partial charge in [0.15, 0.2) is 0 Å². The van der Waals surface area contributed by atoms with Crippen molar-refractivity contribution in [1.29, 1.82) is 0 Å². The zero-order valence-corrected chi connectivity index (χ0v) is 32.0. The second-order valence-corrected chi connectivity index (χ2v) is 12.4. The fourth-order valence-electron chi connectivity index (χ4n) is 3.98. The van der Waals surface area contributed by atoms with Crippen LogP contribution < -0.4 is 0 Å². The van der Waals surface area contributed by atoms with Crippen molar-refractivity contribution < 1.29 is 105 Å². The van der Waals surface area contributed by atoms with E-state index < -0.39 is 94.3 Å². The second kappa shape index (κ2) is 36.0. The molecule has 3 aliphatic heterocycles. The van der Waals surface area contributed by atoms with Crippen LogP contribution in [0.1, 0.15) is 52.9 Å². The first-order valence-corrected chi connectivity index (χ1v) is 17.6. The normalized spacial score (nSPS) is 20.8. The average Bonchev–Trinajstić information content (AvgIpc) is 4.07. The Kier molecular flexibility index (Phi) is 38.8. The predicted octanol–water partition coefficient (Wildman–Crippen LogP) is -4.23. The van der Waals surface area contributed by atoms with Crippen LogP contribution in [0.15, 0.2) is 0 Å². The molecule has 0 aromatic carbocycles. The Hall–Kier alpha value is -2.41. The predicted molar refractivity (Wildman–Crippen MR) is 189 cm³/mol. The van der Waals surface area contributed by atoms with Gasteiger partial charge < -0.3 is 85.7 Å². The third-order valence-corrected chi connectivity index (χ3v) is 8.38. The number of carboxylic acids is 2. The first-order valence-electron chi connectivity index (χ1n) is 17.6. The maximum Gasteiger partial charge on any atom is 0.373 e. The van der Waals surface area contributed by atoms with E-state index in [2.05, 4.69) is 13.3 Å². The van der Waals surface area contributed by atoms with E-state index in [0.717, 1.165) is 19.1 Å². The van der Waals surface area contributed by atoms with Crippen LogP contribution in [0.2, 0.25) is 0 Å². The molecule has 1 saturated carbocycles. The van der Waals surface area contributed by atoms with Gasteiger partial charge in [-0.3, -0.25) is 9.59 Å². The molecule has 0 spiro atoms. The van der Waals surface area contributed by atoms with Gasteiger partial charge in [-0.2, -0.15) is 9.59 Å². The van der Waals surface area contributed by atoms with Crippen LogP contribution in [0, 0.1) is 28.6 Å². The Labute approximate surface area is 321 Å². The molecule has 4 fully saturated rings. The molecule has 0 radical (unpaired) electrons. The lowest BCUT2D eigenvalue weighted by atomic mass is 9.65. The van der Waals surface area contributed by atoms with Crippen molar-refractivity contribution in [2.24, 2.45) is 22.2 Å². The second-order valence-electron chi connectivity index (χ2n) is 12.4. The number of carbonyl (C=O) groups is 2. The first kappa shape index (κ1) is 59.3. The van der Waals surface area contributed by atoms with Crippen LogP contribution in [-0.2, 0) is 33.4 Å². The standard InChI is InChI=1S/C8H18O6.C8H11O2.C5H12O4.C5H8O4.C3H6O.C2H6O2.C2H6.CO2/c9-1-7(2-10,3-11)8(4-12,5-13)6-14;1-2-6-7(10-6)3-5(1)8-4-9-8;6-1-5(2-7,3-8)4-9;6-4(7)2-1-3-5(8)9;1-3-2-4-3;3-1-2-4;1-2;2-1-3/h9-14H,1-6H2;2,5-8H,1,3-4H2;6-9H,1-4H2;1-3H2,(H,6,7)(H,8,9);3H,2H2,1H3;3-4H,1-2H2;1-2H3;/q;+1;;;;;;. The maximum atomic E-state index is 9.79. The van der Waals surface area contributed by atoms with Gasteiger partial charge >= 0.3 is 18.1 Å². The molecule has 0 aromatic heterocycles. The van der Waals surface area contributed by atoms with E-state index in [9.17, 15) is 9.59 Å². The van der Waals surface area contributed by atoms with Gasteiger partial charge in [-0.05, 0) is 19.8 Å². The number of rotatable bonds is 17. The van der Waals surface area contributed by atoms with Crippen LogP contribution in [0.25, 0.3) is 0 Å². The van der Waals surface area contributed by atoms with Crippen molar-refractivity contribution >= 4 is 18.1 Å². The molecule has 4 rings (SSSR count). The number of epoxide rings is 3. The molecular weight excluding hydrogens is 744 g/mol. The lowest BCUT2D eigenvalue weighted by Crippen LogP contribution is -2.56. The summed E-state index contributed by atoms with van der Waals surface area (Å²) >= 11 is 0. The van der Waals surface area contributed by atoms with Crippen LogP contribution in [-0.4, -0.2) is 206 Å². The van der Waals surface area contributed by atoms with Gasteiger partial charge in [0.05, 0.1) is 127 Å². The molecule has 5 unspecified atom stereocenters. The smallest absolute Gasteiger partial charge is 0.373 e. The number of aliphatic hydroxyl groups excluding tert-OH is 12. The molecule has 4 aliphatic rings. The van der Waals surface area contributed by atoms with Crippen molar-refractivity contribution in [2.45, 2.75) is 77.3 Å². The molecule has 1 aliphatic carbocycles. The number of fused-ring (bicyclic) bond motifs is 1. The Bertz CT molecular complexity index is 860. The topological polar surface area (TPSA) is 389 Å². The number of hydrogen-bond acceptors (Lipinski definition) is 19. The van der Waals surface area contributed by atoms with Gasteiger partial charge in [-0.25, -0.2) is 0 Å². The Morgan fingerprint density at radius 3 is 1.15 bits per heavy atom. The number of carboxylic acid groups (broad SMARTS) is 2. The van der Waals surface area contributed by atoms with Gasteiger partial charge in [0.25, 0.3) is 0 Å². The van der Waals surface area contributed by atoms with E-state index in [1.165, 1.54) is 12.8 Å². The van der Waals surface area contributed by atoms with Crippen LogP contribution in [0.3, 0.4) is 0 Å². The monoisotopic (exact) mass is 811 g/mol. The van der Waals surface area contributed by atoms with Crippen LogP contribution in [0.5, 0.6) is 0 Å². The minimum Gasteiger partial charge on any atom is -0.481 e. The molecule has 21 heteroatoms. The molecule has 0 amide bonds. The van der Waals surface area contributed by atoms with Gasteiger partial charge in [-0.15, -0.1) is 0 Å². The fraction of sp³-hybridized carbons (Fsp3) is 0.882. The Morgan fingerprint density at radius 2 is 0.964 bits per heavy atom. The number of ether oxygens (including phenoxy) is 3. The lowest BCUT2D eigenvalue weighted by Gasteiger charge is -2.44. The van der Waals surface area contributed by atoms with Crippen molar-refractivity contribution in [3.63, 3.8) is 0 Å². The van der Waals surface area contributed by atoms with Gasteiger partial charge in [0.2, 0.25) is 6.10 Å². The highest BCUT2D eigenvalue weighted by Crippen LogP contribution is 2.42. The Balaban J connectivity index is -0.000000287. The Morgan fingerprint density at radius 1 is 0.636 bits per heavy atom. The lowest BCUT2D eigenvalue weighted by molar-refractivity contribution is -0.191. The largest absolute Gasteiger partial charge is 0.481 e. The summed E-state index contributed by atoms with van der Waals surface area (Å²) in [5.41, 5.74) is -4.10. The van der Waals surface area contributed by atoms with E-state index in [0.29, 0.717) is 24.4 Å². The molecule has 14 N–H and O–H groups in total. The van der Waals surface area contributed by atoms with E-state index >= 15 is 0 Å². The summed E-state index contributed by atoms with van der Waals surface area (Å²) in [6, 6.07) is 0. The fourth-order valence-corrected chi connectivity index (χ4v) is 3.98. The number of hydrogen-bond donors (Lipinski definition) is 14. The molecule has 0 aromatic rings. The van der Waals surface area contributed by atoms with E-state index in [1.54, 1.807) is 0 Å². The summed E-state index contributed by atoms with van der Waals surface area (Å²) in [6.07, 6.45) is 7.36. The summed E-state index contributed by atoms with van der Waals surface area (Å²) in [6.45, 7) is 2.34. The van der Waals surface area contributed by atoms with Crippen molar-refractivity contribution in [2.75, 3.05) is 92.5 Å². The van der Waals surface area contributed by atoms with Crippen molar-refractivity contribution in [3.05, 3.63) is 6.42 Å². The minimum atomic E-state index is -1.49. The van der Waals surface area contributed by atoms with Gasteiger partial charge in [0.1, 0.15) is 12.5 Å². The summed E-state index contributed by atoms with van der Waals surface area (Å²) in [4.78, 5) is 35.8. The number of aliphatic hydroxyl groups is 12. The highest BCUT2D eigenvalue weighted by Gasteiger charge is 2.54. The summed E-state index contributed by atoms with van der Waals surface area (Å²) in [5, 5.41) is 120. The molecule has 55 heavy (non-hydrogen) atoms. The third-order valence-electron chi connectivity index (χ3n) is 8.38. The van der Waals surface area contributed by atoms with E-state index in [4.69, 9.17) is 95.3 Å². The summed E-state index contributed by atoms with van der Waals surface area (Å²) in [7, 11) is 0. The van der Waals surface area contributed by atoms with E-state index in [1.807, 2.05) is 13.8 Å². The summed E-state index contributed by atoms with van der Waals surface area (Å²) < 4.78 is 15.3. The third kappa shape index (κ3) is 27.0. The minimum absolute atomic E-state index is 0.0632. The molecule has 5 atom stereocenters. The number of aliphatic carboxylic acids is 2. The highest BCUT2D eigenvalue weighted by atomic mass is 16.6. The molecule has 0 bridgehead atoms. The SMILES string of the molecule is CC.CC1CO1.O=C(O)CCCC(=O)O.O=C=O.OCC(CO)(CO)C(CO)(CO)CO.OCC(CO)(CO)CO.OCCO.[CH+]1CC(C2CO2)CC2OC12. The van der Waals surface area contributed by atoms with Crippen molar-refractivity contribution in [3.8, 4) is 0 Å². The van der Waals surface area contributed by atoms with Gasteiger partial charge in [0, 0.05) is 18.8 Å². The average molecular weight is 812 g/mol. The molecule has 3 heterocycles. The number of carbonyl (C=O) groups excluding carboxylic acids is 2. The molecule has 3 saturated heterocycles. The van der Waals surface area contributed by atoms with Crippen molar-refractivity contribution in [1.82, 2.24) is 0 Å². The molecule has 328 valence electrons. The zero-order chi connectivity index (χ0) is 43.5. The van der Waals surface area contributed by atoms with Gasteiger partial charge in [-0.1, -0.05) is 13.8 Å². The van der Waals surface area contributed by atoms with Crippen LogP contribution >= 0.6 is 0 Å². The highest BCUT2D eigenvalue weighted by molar-refractivity contribution is 5.69. The van der Waals surface area contributed by atoms with Crippen LogP contribution in [0.4, 0.5) is 0 Å². The summed E-state index contributed by atoms with van der Waals surface area (Å²) in [5.74, 6) is -1.11. The molecule has 21 nitrogen and oxygen atoms in total. The molecular formula is C34H67O21+. The zero-order valence-electron chi connectivity index (χ0n) is 32.0. The first-order chi connectivity index (χ1) is 26.1. The quantitative estimate of drug-likeness (QED) is 0.0489. The maximum absolute atomic E-state index is 9.79.